The molecule has 0 radical (unpaired) electrons. The van der Waals surface area contributed by atoms with E-state index in [9.17, 15) is 18.4 Å². The van der Waals surface area contributed by atoms with Crippen LogP contribution in [0.4, 0.5) is 8.78 Å². The van der Waals surface area contributed by atoms with Gasteiger partial charge in [0.15, 0.2) is 11.6 Å². The second kappa shape index (κ2) is 5.98. The van der Waals surface area contributed by atoms with Gasteiger partial charge >= 0.3 is 0 Å². The summed E-state index contributed by atoms with van der Waals surface area (Å²) < 4.78 is 26.1. The molecule has 0 bridgehead atoms. The first kappa shape index (κ1) is 14.4. The number of nitrogens with one attached hydrogen (secondary N) is 1. The Morgan fingerprint density at radius 2 is 2.05 bits per heavy atom. The average molecular weight is 282 g/mol. The van der Waals surface area contributed by atoms with Gasteiger partial charge in [0.2, 0.25) is 11.8 Å². The fourth-order valence-corrected chi connectivity index (χ4v) is 2.29. The predicted molar refractivity (Wildman–Crippen MR) is 68.6 cm³/mol. The van der Waals surface area contributed by atoms with Crippen LogP contribution >= 0.6 is 0 Å². The van der Waals surface area contributed by atoms with Crippen LogP contribution in [0.15, 0.2) is 18.2 Å². The van der Waals surface area contributed by atoms with Gasteiger partial charge in [0.25, 0.3) is 0 Å². The predicted octanol–water partition coefficient (Wildman–Crippen LogP) is 1.59. The van der Waals surface area contributed by atoms with E-state index in [0.29, 0.717) is 12.0 Å². The minimum absolute atomic E-state index is 0.0529. The van der Waals surface area contributed by atoms with Crippen molar-refractivity contribution in [3.05, 3.63) is 35.4 Å². The second-order valence-electron chi connectivity index (χ2n) is 4.79. The van der Waals surface area contributed by atoms with Crippen molar-refractivity contribution in [3.8, 4) is 0 Å². The zero-order valence-corrected chi connectivity index (χ0v) is 11.2. The molecule has 1 aromatic rings. The van der Waals surface area contributed by atoms with Crippen molar-refractivity contribution in [1.29, 1.82) is 0 Å². The molecule has 6 heteroatoms. The molecule has 1 aliphatic heterocycles. The SMILES string of the molecule is CCCC1C(=O)NCC(=O)N1Cc1ccc(F)c(F)c1. The highest BCUT2D eigenvalue weighted by Crippen LogP contribution is 2.17. The highest BCUT2D eigenvalue weighted by atomic mass is 19.2. The molecular formula is C14H16F2N2O2. The third kappa shape index (κ3) is 2.95. The zero-order chi connectivity index (χ0) is 14.7. The maximum atomic E-state index is 13.2. The van der Waals surface area contributed by atoms with Crippen molar-refractivity contribution in [1.82, 2.24) is 10.2 Å². The summed E-state index contributed by atoms with van der Waals surface area (Å²) in [5.74, 6) is -2.30. The van der Waals surface area contributed by atoms with E-state index in [1.54, 1.807) is 0 Å². The second-order valence-corrected chi connectivity index (χ2v) is 4.79. The van der Waals surface area contributed by atoms with Crippen LogP contribution in [0.25, 0.3) is 0 Å². The number of carbonyl (C=O) groups is 2. The summed E-state index contributed by atoms with van der Waals surface area (Å²) in [6.07, 6.45) is 1.29. The maximum absolute atomic E-state index is 13.2. The van der Waals surface area contributed by atoms with Gasteiger partial charge in [-0.3, -0.25) is 9.59 Å². The van der Waals surface area contributed by atoms with E-state index in [1.807, 2.05) is 6.92 Å². The van der Waals surface area contributed by atoms with Gasteiger partial charge < -0.3 is 10.2 Å². The summed E-state index contributed by atoms with van der Waals surface area (Å²) in [6.45, 7) is 1.97. The number of nitrogens with zero attached hydrogens (tertiary/aromatic N) is 1. The third-order valence-corrected chi connectivity index (χ3v) is 3.31. The molecular weight excluding hydrogens is 266 g/mol. The van der Waals surface area contributed by atoms with Crippen LogP contribution in [0, 0.1) is 11.6 Å². The van der Waals surface area contributed by atoms with Gasteiger partial charge in [0.1, 0.15) is 6.04 Å². The van der Waals surface area contributed by atoms with Crippen molar-refractivity contribution in [2.75, 3.05) is 6.54 Å². The van der Waals surface area contributed by atoms with Gasteiger partial charge in [-0.2, -0.15) is 0 Å². The first-order chi connectivity index (χ1) is 9.52. The Morgan fingerprint density at radius 3 is 2.70 bits per heavy atom. The quantitative estimate of drug-likeness (QED) is 0.911. The Balaban J connectivity index is 2.20. The standard InChI is InChI=1S/C14H16F2N2O2/c1-2-3-12-14(20)17-7-13(19)18(12)8-9-4-5-10(15)11(16)6-9/h4-6,12H,2-3,7-8H2,1H3,(H,17,20). The molecule has 1 heterocycles. The number of hydrogen-bond acceptors (Lipinski definition) is 2. The fourth-order valence-electron chi connectivity index (χ4n) is 2.29. The van der Waals surface area contributed by atoms with Crippen LogP contribution in [0.3, 0.4) is 0 Å². The van der Waals surface area contributed by atoms with Crippen molar-refractivity contribution in [3.63, 3.8) is 0 Å². The fraction of sp³-hybridized carbons (Fsp3) is 0.429. The number of halogens is 2. The number of hydrogen-bond donors (Lipinski definition) is 1. The molecule has 2 rings (SSSR count). The first-order valence-corrected chi connectivity index (χ1v) is 6.54. The van der Waals surface area contributed by atoms with Crippen molar-refractivity contribution in [2.45, 2.75) is 32.4 Å². The molecule has 1 aliphatic rings. The Hall–Kier alpha value is -1.98. The minimum Gasteiger partial charge on any atom is -0.345 e. The Morgan fingerprint density at radius 1 is 1.30 bits per heavy atom. The van der Waals surface area contributed by atoms with Gasteiger partial charge in [0.05, 0.1) is 6.54 Å². The van der Waals surface area contributed by atoms with Crippen LogP contribution in [0.2, 0.25) is 0 Å². The van der Waals surface area contributed by atoms with Gasteiger partial charge in [0, 0.05) is 6.54 Å². The van der Waals surface area contributed by atoms with E-state index < -0.39 is 17.7 Å². The van der Waals surface area contributed by atoms with Crippen LogP contribution in [0.5, 0.6) is 0 Å². The molecule has 1 aromatic carbocycles. The normalized spacial score (nSPS) is 19.1. The van der Waals surface area contributed by atoms with E-state index in [2.05, 4.69) is 5.32 Å². The molecule has 4 nitrogen and oxygen atoms in total. The molecule has 1 unspecified atom stereocenters. The smallest absolute Gasteiger partial charge is 0.243 e. The van der Waals surface area contributed by atoms with E-state index >= 15 is 0 Å². The molecule has 2 amide bonds. The Labute approximate surface area is 115 Å². The van der Waals surface area contributed by atoms with Crippen LogP contribution in [0.1, 0.15) is 25.3 Å². The highest BCUT2D eigenvalue weighted by Gasteiger charge is 2.33. The molecule has 108 valence electrons. The lowest BCUT2D eigenvalue weighted by atomic mass is 10.1. The monoisotopic (exact) mass is 282 g/mol. The molecule has 0 saturated carbocycles. The van der Waals surface area contributed by atoms with E-state index in [-0.39, 0.29) is 24.9 Å². The largest absolute Gasteiger partial charge is 0.345 e. The lowest BCUT2D eigenvalue weighted by Crippen LogP contribution is -2.57. The topological polar surface area (TPSA) is 49.4 Å². The number of amides is 2. The summed E-state index contributed by atoms with van der Waals surface area (Å²) in [7, 11) is 0. The number of carbonyl (C=O) groups excluding carboxylic acids is 2. The van der Waals surface area contributed by atoms with Crippen molar-refractivity contribution in [2.24, 2.45) is 0 Å². The van der Waals surface area contributed by atoms with Crippen molar-refractivity contribution < 1.29 is 18.4 Å². The van der Waals surface area contributed by atoms with Gasteiger partial charge in [-0.1, -0.05) is 19.4 Å². The average Bonchev–Trinajstić information content (AvgIpc) is 2.42. The molecule has 1 saturated heterocycles. The summed E-state index contributed by atoms with van der Waals surface area (Å²) in [6, 6.07) is 2.95. The van der Waals surface area contributed by atoms with Crippen LogP contribution in [-0.2, 0) is 16.1 Å². The van der Waals surface area contributed by atoms with E-state index in [4.69, 9.17) is 0 Å². The zero-order valence-electron chi connectivity index (χ0n) is 11.2. The van der Waals surface area contributed by atoms with E-state index in [0.717, 1.165) is 18.6 Å². The molecule has 20 heavy (non-hydrogen) atoms. The summed E-state index contributed by atoms with van der Waals surface area (Å²) >= 11 is 0. The molecule has 1 N–H and O–H groups in total. The first-order valence-electron chi connectivity index (χ1n) is 6.54. The summed E-state index contributed by atoms with van der Waals surface area (Å²) in [5, 5.41) is 2.54. The van der Waals surface area contributed by atoms with E-state index in [1.165, 1.54) is 11.0 Å². The Bertz CT molecular complexity index is 534. The van der Waals surface area contributed by atoms with Gasteiger partial charge in [-0.25, -0.2) is 8.78 Å². The number of rotatable bonds is 4. The molecule has 0 aromatic heterocycles. The third-order valence-electron chi connectivity index (χ3n) is 3.31. The van der Waals surface area contributed by atoms with Crippen molar-refractivity contribution >= 4 is 11.8 Å². The van der Waals surface area contributed by atoms with Crippen LogP contribution in [-0.4, -0.2) is 29.3 Å². The van der Waals surface area contributed by atoms with Gasteiger partial charge in [-0.05, 0) is 24.1 Å². The maximum Gasteiger partial charge on any atom is 0.243 e. The molecule has 0 spiro atoms. The minimum atomic E-state index is -0.955. The molecule has 0 aliphatic carbocycles. The lowest BCUT2D eigenvalue weighted by Gasteiger charge is -2.35. The Kier molecular flexibility index (Phi) is 4.32. The number of benzene rings is 1. The van der Waals surface area contributed by atoms with Crippen LogP contribution < -0.4 is 5.32 Å². The highest BCUT2D eigenvalue weighted by molar-refractivity contribution is 5.94. The molecule has 1 fully saturated rings. The van der Waals surface area contributed by atoms with Gasteiger partial charge in [-0.15, -0.1) is 0 Å². The molecule has 1 atom stereocenters. The summed E-state index contributed by atoms with van der Waals surface area (Å²) in [5.41, 5.74) is 0.466. The summed E-state index contributed by atoms with van der Waals surface area (Å²) in [4.78, 5) is 25.2. The number of piperazine rings is 1. The lowest BCUT2D eigenvalue weighted by molar-refractivity contribution is -0.146.